The molecule has 1 rings (SSSR count). The van der Waals surface area contributed by atoms with Gasteiger partial charge in [0.25, 0.3) is 0 Å². The van der Waals surface area contributed by atoms with Crippen LogP contribution in [0, 0.1) is 0 Å². The number of hydrogen-bond donors (Lipinski definition) is 1. The van der Waals surface area contributed by atoms with E-state index >= 15 is 0 Å². The molecule has 0 aliphatic carbocycles. The first-order valence-electron chi connectivity index (χ1n) is 5.35. The van der Waals surface area contributed by atoms with Gasteiger partial charge in [0.1, 0.15) is 12.4 Å². The second-order valence-corrected chi connectivity index (χ2v) is 3.42. The fourth-order valence-corrected chi connectivity index (χ4v) is 1.53. The lowest BCUT2D eigenvalue weighted by Gasteiger charge is -2.16. The van der Waals surface area contributed by atoms with E-state index in [0.717, 1.165) is 12.3 Å². The van der Waals surface area contributed by atoms with Crippen LogP contribution in [0.25, 0.3) is 0 Å². The van der Waals surface area contributed by atoms with E-state index in [-0.39, 0.29) is 0 Å². The average Bonchev–Trinajstić information content (AvgIpc) is 2.27. The van der Waals surface area contributed by atoms with Gasteiger partial charge >= 0.3 is 0 Å². The first-order chi connectivity index (χ1) is 7.29. The Labute approximate surface area is 92.0 Å². The molecule has 2 heteroatoms. The molecule has 0 saturated heterocycles. The van der Waals surface area contributed by atoms with Crippen molar-refractivity contribution in [2.45, 2.75) is 19.9 Å². The molecule has 1 aromatic rings. The molecule has 0 fully saturated rings. The van der Waals surface area contributed by atoms with Gasteiger partial charge in [0.2, 0.25) is 0 Å². The highest BCUT2D eigenvalue weighted by molar-refractivity contribution is 5.35. The van der Waals surface area contributed by atoms with E-state index in [1.165, 1.54) is 5.56 Å². The molecule has 0 heterocycles. The van der Waals surface area contributed by atoms with E-state index < -0.39 is 0 Å². The number of rotatable bonds is 6. The van der Waals surface area contributed by atoms with Gasteiger partial charge in [0.05, 0.1) is 0 Å². The van der Waals surface area contributed by atoms with E-state index in [1.807, 2.05) is 18.2 Å². The standard InChI is InChI=1S/C13H19NO/c1-4-10-15-13-9-7-6-8-12(13)11(3)14-5-2/h4,6-9,11,14H,1,5,10H2,2-3H3. The summed E-state index contributed by atoms with van der Waals surface area (Å²) in [6.07, 6.45) is 1.76. The van der Waals surface area contributed by atoms with E-state index in [0.29, 0.717) is 12.6 Å². The quantitative estimate of drug-likeness (QED) is 0.721. The summed E-state index contributed by atoms with van der Waals surface area (Å²) in [4.78, 5) is 0. The minimum absolute atomic E-state index is 0.316. The first-order valence-corrected chi connectivity index (χ1v) is 5.35. The highest BCUT2D eigenvalue weighted by Gasteiger charge is 2.09. The summed E-state index contributed by atoms with van der Waals surface area (Å²) in [5.41, 5.74) is 1.20. The van der Waals surface area contributed by atoms with Gasteiger partial charge in [0.15, 0.2) is 0 Å². The zero-order chi connectivity index (χ0) is 11.1. The molecule has 0 amide bonds. The topological polar surface area (TPSA) is 21.3 Å². The largest absolute Gasteiger partial charge is 0.489 e. The van der Waals surface area contributed by atoms with Crippen LogP contribution in [0.2, 0.25) is 0 Å². The lowest BCUT2D eigenvalue weighted by atomic mass is 10.1. The Hall–Kier alpha value is -1.28. The van der Waals surface area contributed by atoms with Crippen molar-refractivity contribution in [2.24, 2.45) is 0 Å². The number of nitrogens with one attached hydrogen (secondary N) is 1. The molecule has 1 atom stereocenters. The zero-order valence-electron chi connectivity index (χ0n) is 9.49. The molecule has 0 aromatic heterocycles. The van der Waals surface area contributed by atoms with Crippen LogP contribution in [0.1, 0.15) is 25.5 Å². The predicted octanol–water partition coefficient (Wildman–Crippen LogP) is 2.92. The van der Waals surface area contributed by atoms with Gasteiger partial charge in [0, 0.05) is 11.6 Å². The third-order valence-electron chi connectivity index (χ3n) is 2.25. The van der Waals surface area contributed by atoms with Gasteiger partial charge in [-0.05, 0) is 19.5 Å². The molecular formula is C13H19NO. The van der Waals surface area contributed by atoms with Crippen molar-refractivity contribution in [3.63, 3.8) is 0 Å². The predicted molar refractivity (Wildman–Crippen MR) is 64.2 cm³/mol. The molecule has 15 heavy (non-hydrogen) atoms. The number of para-hydroxylation sites is 1. The minimum atomic E-state index is 0.316. The summed E-state index contributed by atoms with van der Waals surface area (Å²) in [6.45, 7) is 9.39. The van der Waals surface area contributed by atoms with E-state index in [4.69, 9.17) is 4.74 Å². The summed E-state index contributed by atoms with van der Waals surface area (Å²) in [5, 5.41) is 3.37. The number of ether oxygens (including phenoxy) is 1. The Bertz CT molecular complexity index is 309. The Morgan fingerprint density at radius 2 is 2.20 bits per heavy atom. The van der Waals surface area contributed by atoms with Crippen molar-refractivity contribution in [2.75, 3.05) is 13.2 Å². The van der Waals surface area contributed by atoms with Crippen molar-refractivity contribution in [3.05, 3.63) is 42.5 Å². The van der Waals surface area contributed by atoms with Crippen molar-refractivity contribution in [1.82, 2.24) is 5.32 Å². The molecule has 0 radical (unpaired) electrons. The van der Waals surface area contributed by atoms with Crippen molar-refractivity contribution < 1.29 is 4.74 Å². The molecule has 1 N–H and O–H groups in total. The number of benzene rings is 1. The van der Waals surface area contributed by atoms with Crippen molar-refractivity contribution in [3.8, 4) is 5.75 Å². The van der Waals surface area contributed by atoms with Gasteiger partial charge in [-0.2, -0.15) is 0 Å². The van der Waals surface area contributed by atoms with E-state index in [1.54, 1.807) is 6.08 Å². The van der Waals surface area contributed by atoms with Gasteiger partial charge < -0.3 is 10.1 Å². The first kappa shape index (κ1) is 11.8. The molecular weight excluding hydrogens is 186 g/mol. The smallest absolute Gasteiger partial charge is 0.124 e. The summed E-state index contributed by atoms with van der Waals surface area (Å²) < 4.78 is 5.60. The van der Waals surface area contributed by atoms with Gasteiger partial charge in [-0.25, -0.2) is 0 Å². The maximum atomic E-state index is 5.60. The molecule has 0 spiro atoms. The van der Waals surface area contributed by atoms with Crippen molar-refractivity contribution >= 4 is 0 Å². The summed E-state index contributed by atoms with van der Waals surface area (Å²) in [7, 11) is 0. The van der Waals surface area contributed by atoms with Gasteiger partial charge in [-0.3, -0.25) is 0 Å². The van der Waals surface area contributed by atoms with Gasteiger partial charge in [-0.15, -0.1) is 0 Å². The Kier molecular flexibility index (Phi) is 4.91. The van der Waals surface area contributed by atoms with Crippen LogP contribution >= 0.6 is 0 Å². The van der Waals surface area contributed by atoms with Crippen LogP contribution in [-0.4, -0.2) is 13.2 Å². The van der Waals surface area contributed by atoms with E-state index in [2.05, 4.69) is 31.8 Å². The Morgan fingerprint density at radius 3 is 2.87 bits per heavy atom. The van der Waals surface area contributed by atoms with Crippen LogP contribution in [0.5, 0.6) is 5.75 Å². The Morgan fingerprint density at radius 1 is 1.47 bits per heavy atom. The minimum Gasteiger partial charge on any atom is -0.489 e. The lowest BCUT2D eigenvalue weighted by molar-refractivity contribution is 0.354. The van der Waals surface area contributed by atoms with Crippen LogP contribution in [-0.2, 0) is 0 Å². The van der Waals surface area contributed by atoms with Crippen LogP contribution in [0.3, 0.4) is 0 Å². The average molecular weight is 205 g/mol. The summed E-state index contributed by atoms with van der Waals surface area (Å²) >= 11 is 0. The van der Waals surface area contributed by atoms with Gasteiger partial charge in [-0.1, -0.05) is 37.8 Å². The second kappa shape index (κ2) is 6.25. The maximum Gasteiger partial charge on any atom is 0.124 e. The highest BCUT2D eigenvalue weighted by Crippen LogP contribution is 2.24. The molecule has 0 aliphatic heterocycles. The molecule has 0 saturated carbocycles. The number of hydrogen-bond acceptors (Lipinski definition) is 2. The molecule has 1 aromatic carbocycles. The van der Waals surface area contributed by atoms with Crippen LogP contribution in [0.15, 0.2) is 36.9 Å². The Balaban J connectivity index is 2.79. The summed E-state index contributed by atoms with van der Waals surface area (Å²) in [6, 6.07) is 8.42. The maximum absolute atomic E-state index is 5.60. The monoisotopic (exact) mass is 205 g/mol. The molecule has 0 aliphatic rings. The third kappa shape index (κ3) is 3.40. The fourth-order valence-electron chi connectivity index (χ4n) is 1.53. The lowest BCUT2D eigenvalue weighted by Crippen LogP contribution is -2.18. The fraction of sp³-hybridized carbons (Fsp3) is 0.385. The highest BCUT2D eigenvalue weighted by atomic mass is 16.5. The van der Waals surface area contributed by atoms with Crippen LogP contribution < -0.4 is 10.1 Å². The molecule has 0 bridgehead atoms. The van der Waals surface area contributed by atoms with Crippen LogP contribution in [0.4, 0.5) is 0 Å². The summed E-state index contributed by atoms with van der Waals surface area (Å²) in [5.74, 6) is 0.936. The zero-order valence-corrected chi connectivity index (χ0v) is 9.49. The SMILES string of the molecule is C=CCOc1ccccc1C(C)NCC. The molecule has 2 nitrogen and oxygen atoms in total. The second-order valence-electron chi connectivity index (χ2n) is 3.42. The molecule has 82 valence electrons. The molecule has 1 unspecified atom stereocenters. The van der Waals surface area contributed by atoms with E-state index in [9.17, 15) is 0 Å². The van der Waals surface area contributed by atoms with Crippen molar-refractivity contribution in [1.29, 1.82) is 0 Å². The normalized spacial score (nSPS) is 12.1. The third-order valence-corrected chi connectivity index (χ3v) is 2.25.